The maximum Gasteiger partial charge on any atom is 0.312 e. The molecule has 0 bridgehead atoms. The van der Waals surface area contributed by atoms with Crippen molar-refractivity contribution >= 4 is 11.9 Å². The zero-order valence-electron chi connectivity index (χ0n) is 11.3. The number of hydrogen-bond acceptors (Lipinski definition) is 3. The maximum absolute atomic E-state index is 12.0. The Morgan fingerprint density at radius 3 is 2.65 bits per heavy atom. The van der Waals surface area contributed by atoms with Crippen LogP contribution in [0.25, 0.3) is 0 Å². The van der Waals surface area contributed by atoms with Crippen molar-refractivity contribution in [1.82, 2.24) is 9.80 Å². The first-order valence-electron chi connectivity index (χ1n) is 6.96. The summed E-state index contributed by atoms with van der Waals surface area (Å²) < 4.78 is 0. The number of carboxylic acid groups (broad SMARTS) is 1. The van der Waals surface area contributed by atoms with E-state index in [9.17, 15) is 14.7 Å². The van der Waals surface area contributed by atoms with Gasteiger partial charge in [0.2, 0.25) is 5.91 Å². The summed E-state index contributed by atoms with van der Waals surface area (Å²) in [4.78, 5) is 27.2. The first-order chi connectivity index (χ1) is 9.65. The number of carbonyl (C=O) groups is 2. The Balaban J connectivity index is 1.75. The van der Waals surface area contributed by atoms with Crippen LogP contribution < -0.4 is 0 Å². The van der Waals surface area contributed by atoms with Crippen molar-refractivity contribution in [2.45, 2.75) is 18.9 Å². The average Bonchev–Trinajstić information content (AvgIpc) is 2.35. The number of carbonyl (C=O) groups excluding carboxylic acids is 1. The molecule has 2 aliphatic rings. The van der Waals surface area contributed by atoms with E-state index in [1.165, 1.54) is 0 Å². The molecule has 106 valence electrons. The lowest BCUT2D eigenvalue weighted by atomic mass is 9.90. The van der Waals surface area contributed by atoms with Gasteiger partial charge in [-0.05, 0) is 17.5 Å². The second-order valence-corrected chi connectivity index (χ2v) is 5.49. The third-order valence-corrected chi connectivity index (χ3v) is 4.13. The molecule has 1 aromatic rings. The Labute approximate surface area is 117 Å². The summed E-state index contributed by atoms with van der Waals surface area (Å²) >= 11 is 0. The van der Waals surface area contributed by atoms with Crippen LogP contribution in [-0.2, 0) is 16.1 Å². The van der Waals surface area contributed by atoms with Crippen LogP contribution in [0.5, 0.6) is 0 Å². The largest absolute Gasteiger partial charge is 0.481 e. The molecule has 1 atom stereocenters. The summed E-state index contributed by atoms with van der Waals surface area (Å²) in [5.74, 6) is -1.25. The van der Waals surface area contributed by atoms with Crippen LogP contribution in [0.15, 0.2) is 24.3 Å². The molecule has 1 amide bonds. The van der Waals surface area contributed by atoms with Gasteiger partial charge in [0.15, 0.2) is 0 Å². The SMILES string of the molecule is O=C(O)C1CN(CC(=O)N2CCC2)Cc2ccccc21. The third kappa shape index (κ3) is 2.41. The zero-order chi connectivity index (χ0) is 14.1. The number of aliphatic carboxylic acids is 1. The van der Waals surface area contributed by atoms with Crippen LogP contribution in [0.3, 0.4) is 0 Å². The number of hydrogen-bond donors (Lipinski definition) is 1. The fraction of sp³-hybridized carbons (Fsp3) is 0.467. The first kappa shape index (κ1) is 13.1. The second-order valence-electron chi connectivity index (χ2n) is 5.49. The standard InChI is InChI=1S/C15H18N2O3/c18-14(17-6-3-7-17)10-16-8-11-4-1-2-5-12(11)13(9-16)15(19)20/h1-2,4-5,13H,3,6-10H2,(H,19,20). The zero-order valence-corrected chi connectivity index (χ0v) is 11.3. The molecule has 1 saturated heterocycles. The molecule has 0 spiro atoms. The molecule has 0 saturated carbocycles. The van der Waals surface area contributed by atoms with Crippen molar-refractivity contribution < 1.29 is 14.7 Å². The van der Waals surface area contributed by atoms with E-state index in [4.69, 9.17) is 0 Å². The van der Waals surface area contributed by atoms with Crippen molar-refractivity contribution in [2.75, 3.05) is 26.2 Å². The minimum Gasteiger partial charge on any atom is -0.481 e. The number of benzene rings is 1. The topological polar surface area (TPSA) is 60.9 Å². The predicted octanol–water partition coefficient (Wildman–Crippen LogP) is 0.903. The Bertz CT molecular complexity index is 540. The summed E-state index contributed by atoms with van der Waals surface area (Å²) in [5, 5.41) is 9.38. The summed E-state index contributed by atoms with van der Waals surface area (Å²) in [7, 11) is 0. The van der Waals surface area contributed by atoms with Gasteiger partial charge in [-0.2, -0.15) is 0 Å². The highest BCUT2D eigenvalue weighted by Gasteiger charge is 2.32. The van der Waals surface area contributed by atoms with Gasteiger partial charge in [-0.25, -0.2) is 0 Å². The molecule has 2 aliphatic heterocycles. The molecule has 5 nitrogen and oxygen atoms in total. The molecule has 20 heavy (non-hydrogen) atoms. The van der Waals surface area contributed by atoms with Gasteiger partial charge in [0.1, 0.15) is 0 Å². The number of amides is 1. The lowest BCUT2D eigenvalue weighted by Gasteiger charge is -2.36. The lowest BCUT2D eigenvalue weighted by Crippen LogP contribution is -2.48. The van der Waals surface area contributed by atoms with Gasteiger partial charge >= 0.3 is 5.97 Å². The molecule has 1 N–H and O–H groups in total. The van der Waals surface area contributed by atoms with Crippen molar-refractivity contribution in [3.63, 3.8) is 0 Å². The van der Waals surface area contributed by atoms with Gasteiger partial charge in [-0.3, -0.25) is 14.5 Å². The Morgan fingerprint density at radius 1 is 1.25 bits per heavy atom. The summed E-state index contributed by atoms with van der Waals surface area (Å²) in [6.07, 6.45) is 1.08. The number of rotatable bonds is 3. The Kier molecular flexibility index (Phi) is 3.44. The van der Waals surface area contributed by atoms with Crippen molar-refractivity contribution in [1.29, 1.82) is 0 Å². The molecule has 1 unspecified atom stereocenters. The van der Waals surface area contributed by atoms with E-state index in [1.807, 2.05) is 34.1 Å². The van der Waals surface area contributed by atoms with E-state index < -0.39 is 11.9 Å². The monoisotopic (exact) mass is 274 g/mol. The van der Waals surface area contributed by atoms with Crippen molar-refractivity contribution in [3.05, 3.63) is 35.4 Å². The molecule has 2 heterocycles. The smallest absolute Gasteiger partial charge is 0.312 e. The van der Waals surface area contributed by atoms with Gasteiger partial charge in [0.25, 0.3) is 0 Å². The van der Waals surface area contributed by atoms with Crippen LogP contribution >= 0.6 is 0 Å². The molecule has 1 aromatic carbocycles. The van der Waals surface area contributed by atoms with Gasteiger partial charge in [0.05, 0.1) is 12.5 Å². The quantitative estimate of drug-likeness (QED) is 0.889. The second kappa shape index (κ2) is 5.25. The first-order valence-corrected chi connectivity index (χ1v) is 6.96. The van der Waals surface area contributed by atoms with Gasteiger partial charge in [0, 0.05) is 26.2 Å². The van der Waals surface area contributed by atoms with Crippen LogP contribution in [-0.4, -0.2) is 53.0 Å². The molecular weight excluding hydrogens is 256 g/mol. The molecule has 0 aliphatic carbocycles. The van der Waals surface area contributed by atoms with E-state index in [0.717, 1.165) is 30.6 Å². The molecule has 3 rings (SSSR count). The molecular formula is C15H18N2O3. The number of carboxylic acids is 1. The van der Waals surface area contributed by atoms with E-state index in [2.05, 4.69) is 0 Å². The Morgan fingerprint density at radius 2 is 2.00 bits per heavy atom. The Hall–Kier alpha value is -1.88. The highest BCUT2D eigenvalue weighted by atomic mass is 16.4. The maximum atomic E-state index is 12.0. The molecule has 0 aromatic heterocycles. The summed E-state index contributed by atoms with van der Waals surface area (Å²) in [6.45, 7) is 3.06. The minimum absolute atomic E-state index is 0.111. The van der Waals surface area contributed by atoms with Gasteiger partial charge in [-0.1, -0.05) is 24.3 Å². The highest BCUT2D eigenvalue weighted by Crippen LogP contribution is 2.28. The fourth-order valence-electron chi connectivity index (χ4n) is 2.87. The molecule has 0 radical (unpaired) electrons. The highest BCUT2D eigenvalue weighted by molar-refractivity contribution is 5.80. The number of fused-ring (bicyclic) bond motifs is 1. The van der Waals surface area contributed by atoms with Gasteiger partial charge in [-0.15, -0.1) is 0 Å². The summed E-state index contributed by atoms with van der Waals surface area (Å²) in [6, 6.07) is 7.61. The third-order valence-electron chi connectivity index (χ3n) is 4.13. The molecule has 5 heteroatoms. The molecule has 1 fully saturated rings. The van der Waals surface area contributed by atoms with Crippen LogP contribution in [0.2, 0.25) is 0 Å². The predicted molar refractivity (Wildman–Crippen MR) is 73.3 cm³/mol. The van der Waals surface area contributed by atoms with E-state index >= 15 is 0 Å². The normalized spacial score (nSPS) is 22.0. The van der Waals surface area contributed by atoms with E-state index in [1.54, 1.807) is 0 Å². The minimum atomic E-state index is -0.821. The van der Waals surface area contributed by atoms with Crippen LogP contribution in [0, 0.1) is 0 Å². The summed E-state index contributed by atoms with van der Waals surface area (Å²) in [5.41, 5.74) is 1.90. The van der Waals surface area contributed by atoms with Crippen molar-refractivity contribution in [2.24, 2.45) is 0 Å². The number of likely N-dealkylation sites (tertiary alicyclic amines) is 1. The van der Waals surface area contributed by atoms with Crippen LogP contribution in [0.4, 0.5) is 0 Å². The average molecular weight is 274 g/mol. The van der Waals surface area contributed by atoms with Crippen molar-refractivity contribution in [3.8, 4) is 0 Å². The fourth-order valence-corrected chi connectivity index (χ4v) is 2.87. The van der Waals surface area contributed by atoms with E-state index in [-0.39, 0.29) is 5.91 Å². The number of nitrogens with zero attached hydrogens (tertiary/aromatic N) is 2. The van der Waals surface area contributed by atoms with Crippen LogP contribution in [0.1, 0.15) is 23.5 Å². The van der Waals surface area contributed by atoms with E-state index in [0.29, 0.717) is 19.6 Å². The lowest BCUT2D eigenvalue weighted by molar-refractivity contribution is -0.141. The van der Waals surface area contributed by atoms with Gasteiger partial charge < -0.3 is 10.0 Å².